The van der Waals surface area contributed by atoms with Gasteiger partial charge in [0.15, 0.2) is 5.65 Å². The molecule has 2 N–H and O–H groups in total. The van der Waals surface area contributed by atoms with E-state index in [1.165, 1.54) is 16.8 Å². The second kappa shape index (κ2) is 4.93. The van der Waals surface area contributed by atoms with E-state index in [1.807, 2.05) is 6.07 Å². The zero-order valence-electron chi connectivity index (χ0n) is 10.7. The Labute approximate surface area is 118 Å². The van der Waals surface area contributed by atoms with Crippen molar-refractivity contribution in [1.82, 2.24) is 14.6 Å². The van der Waals surface area contributed by atoms with E-state index in [0.29, 0.717) is 11.3 Å². The molecule has 0 saturated carbocycles. The molecule has 3 rings (SSSR count). The van der Waals surface area contributed by atoms with Gasteiger partial charge in [0.05, 0.1) is 11.9 Å². The molecule has 0 aliphatic carbocycles. The van der Waals surface area contributed by atoms with E-state index >= 15 is 0 Å². The number of aromatic nitrogens is 3. The number of carbonyl (C=O) groups is 1. The molecule has 7 heteroatoms. The summed E-state index contributed by atoms with van der Waals surface area (Å²) in [4.78, 5) is 15.1. The van der Waals surface area contributed by atoms with Gasteiger partial charge >= 0.3 is 0 Å². The van der Waals surface area contributed by atoms with E-state index in [9.17, 15) is 13.6 Å². The second-order valence-corrected chi connectivity index (χ2v) is 4.39. The van der Waals surface area contributed by atoms with Gasteiger partial charge in [0, 0.05) is 5.56 Å². The van der Waals surface area contributed by atoms with Crippen LogP contribution in [-0.4, -0.2) is 20.5 Å². The van der Waals surface area contributed by atoms with Crippen molar-refractivity contribution >= 4 is 11.6 Å². The van der Waals surface area contributed by atoms with Crippen molar-refractivity contribution in [2.24, 2.45) is 5.73 Å². The first-order valence-electron chi connectivity index (χ1n) is 6.10. The number of hydrogen-bond donors (Lipinski definition) is 1. The molecule has 0 unspecified atom stereocenters. The van der Waals surface area contributed by atoms with Crippen LogP contribution in [0.2, 0.25) is 0 Å². The van der Waals surface area contributed by atoms with Crippen molar-refractivity contribution in [3.63, 3.8) is 0 Å². The predicted octanol–water partition coefficient (Wildman–Crippen LogP) is 2.43. The number of primary amides is 1. The summed E-state index contributed by atoms with van der Waals surface area (Å²) in [5.74, 6) is -0.761. The first-order chi connectivity index (χ1) is 10.1. The van der Waals surface area contributed by atoms with E-state index in [2.05, 4.69) is 10.1 Å². The fourth-order valence-corrected chi connectivity index (χ4v) is 2.08. The maximum absolute atomic E-state index is 13.0. The Kier molecular flexibility index (Phi) is 3.09. The number of nitrogens with two attached hydrogens (primary N) is 1. The molecule has 0 bridgehead atoms. The van der Waals surface area contributed by atoms with Crippen LogP contribution in [0.1, 0.15) is 22.5 Å². The van der Waals surface area contributed by atoms with Crippen LogP contribution in [0.25, 0.3) is 16.9 Å². The van der Waals surface area contributed by atoms with Gasteiger partial charge in [0.25, 0.3) is 12.3 Å². The van der Waals surface area contributed by atoms with Gasteiger partial charge < -0.3 is 5.73 Å². The Balaban J connectivity index is 2.35. The van der Waals surface area contributed by atoms with Crippen molar-refractivity contribution < 1.29 is 13.6 Å². The summed E-state index contributed by atoms with van der Waals surface area (Å²) in [5, 5.41) is 4.03. The Morgan fingerprint density at radius 1 is 1.24 bits per heavy atom. The molecular formula is C14H10F2N4O. The molecule has 0 aliphatic heterocycles. The molecule has 21 heavy (non-hydrogen) atoms. The lowest BCUT2D eigenvalue weighted by Crippen LogP contribution is -2.11. The molecule has 0 spiro atoms. The topological polar surface area (TPSA) is 73.3 Å². The number of fused-ring (bicyclic) bond motifs is 1. The van der Waals surface area contributed by atoms with Crippen LogP contribution in [0.3, 0.4) is 0 Å². The Morgan fingerprint density at radius 2 is 1.95 bits per heavy atom. The minimum Gasteiger partial charge on any atom is -0.365 e. The molecule has 5 nitrogen and oxygen atoms in total. The monoisotopic (exact) mass is 288 g/mol. The fourth-order valence-electron chi connectivity index (χ4n) is 2.08. The van der Waals surface area contributed by atoms with Crippen LogP contribution < -0.4 is 5.73 Å². The average molecular weight is 288 g/mol. The number of halogens is 2. The van der Waals surface area contributed by atoms with Crippen LogP contribution in [0.15, 0.2) is 42.6 Å². The zero-order chi connectivity index (χ0) is 15.0. The number of alkyl halides is 2. The number of benzene rings is 1. The summed E-state index contributed by atoms with van der Waals surface area (Å²) in [5.41, 5.74) is 5.93. The molecule has 0 radical (unpaired) electrons. The lowest BCUT2D eigenvalue weighted by Gasteiger charge is -2.08. The van der Waals surface area contributed by atoms with Gasteiger partial charge in [-0.15, -0.1) is 0 Å². The summed E-state index contributed by atoms with van der Waals surface area (Å²) in [6.07, 6.45) is -1.53. The molecule has 1 aromatic carbocycles. The van der Waals surface area contributed by atoms with Gasteiger partial charge in [0.2, 0.25) is 0 Å². The van der Waals surface area contributed by atoms with Gasteiger partial charge in [-0.05, 0) is 6.07 Å². The summed E-state index contributed by atoms with van der Waals surface area (Å²) in [6.45, 7) is 0. The molecule has 0 aliphatic rings. The van der Waals surface area contributed by atoms with Crippen LogP contribution in [-0.2, 0) is 0 Å². The first-order valence-corrected chi connectivity index (χ1v) is 6.10. The molecule has 0 saturated heterocycles. The highest BCUT2D eigenvalue weighted by molar-refractivity contribution is 5.98. The molecule has 0 fully saturated rings. The van der Waals surface area contributed by atoms with Crippen molar-refractivity contribution in [2.75, 3.05) is 0 Å². The highest BCUT2D eigenvalue weighted by Gasteiger charge is 2.19. The number of rotatable bonds is 3. The van der Waals surface area contributed by atoms with Crippen molar-refractivity contribution in [3.05, 3.63) is 53.9 Å². The summed E-state index contributed by atoms with van der Waals surface area (Å²) < 4.78 is 27.4. The molecule has 3 aromatic rings. The third-order valence-electron chi connectivity index (χ3n) is 3.05. The Hall–Kier alpha value is -2.83. The lowest BCUT2D eigenvalue weighted by molar-refractivity contribution is 0.100. The summed E-state index contributed by atoms with van der Waals surface area (Å²) in [7, 11) is 0. The summed E-state index contributed by atoms with van der Waals surface area (Å²) in [6, 6.07) is 10.1. The minimum absolute atomic E-state index is 0.00896. The van der Waals surface area contributed by atoms with Gasteiger partial charge in [-0.3, -0.25) is 4.79 Å². The van der Waals surface area contributed by atoms with Crippen LogP contribution >= 0.6 is 0 Å². The maximum atomic E-state index is 13.0. The molecule has 2 aromatic heterocycles. The van der Waals surface area contributed by atoms with Crippen LogP contribution in [0.5, 0.6) is 0 Å². The van der Waals surface area contributed by atoms with Gasteiger partial charge in [-0.1, -0.05) is 30.3 Å². The normalized spacial score (nSPS) is 11.2. The van der Waals surface area contributed by atoms with E-state index in [0.717, 1.165) is 0 Å². The van der Waals surface area contributed by atoms with E-state index in [-0.39, 0.29) is 11.2 Å². The first kappa shape index (κ1) is 13.2. The number of nitrogens with zero attached hydrogens (tertiary/aromatic N) is 3. The molecular weight excluding hydrogens is 278 g/mol. The van der Waals surface area contributed by atoms with Gasteiger partial charge in [-0.2, -0.15) is 5.10 Å². The van der Waals surface area contributed by atoms with Gasteiger partial charge in [-0.25, -0.2) is 18.3 Å². The molecule has 1 amide bonds. The smallest absolute Gasteiger partial charge is 0.280 e. The van der Waals surface area contributed by atoms with Gasteiger partial charge in [0.1, 0.15) is 11.3 Å². The average Bonchev–Trinajstić information content (AvgIpc) is 2.91. The zero-order valence-corrected chi connectivity index (χ0v) is 10.7. The third kappa shape index (κ3) is 2.22. The molecule has 2 heterocycles. The standard InChI is InChI=1S/C14H10F2N4O/c15-12(16)10-6-11(8-4-2-1-3-5-8)20-14(19-10)9(7-18-20)13(17)21/h1-7,12H,(H2,17,21). The Bertz CT molecular complexity index is 814. The van der Waals surface area contributed by atoms with E-state index < -0.39 is 18.0 Å². The Morgan fingerprint density at radius 3 is 2.57 bits per heavy atom. The number of carbonyl (C=O) groups excluding carboxylic acids is 1. The van der Waals surface area contributed by atoms with Crippen molar-refractivity contribution in [1.29, 1.82) is 0 Å². The number of amides is 1. The van der Waals surface area contributed by atoms with E-state index in [1.54, 1.807) is 24.3 Å². The maximum Gasteiger partial charge on any atom is 0.280 e. The lowest BCUT2D eigenvalue weighted by atomic mass is 10.1. The molecule has 106 valence electrons. The van der Waals surface area contributed by atoms with Crippen LogP contribution in [0.4, 0.5) is 8.78 Å². The molecule has 0 atom stereocenters. The van der Waals surface area contributed by atoms with E-state index in [4.69, 9.17) is 5.73 Å². The summed E-state index contributed by atoms with van der Waals surface area (Å²) >= 11 is 0. The predicted molar refractivity (Wildman–Crippen MR) is 71.9 cm³/mol. The van der Waals surface area contributed by atoms with Crippen molar-refractivity contribution in [3.8, 4) is 11.3 Å². The van der Waals surface area contributed by atoms with Crippen LogP contribution in [0, 0.1) is 0 Å². The van der Waals surface area contributed by atoms with Crippen molar-refractivity contribution in [2.45, 2.75) is 6.43 Å². The minimum atomic E-state index is -2.76. The quantitative estimate of drug-likeness (QED) is 0.804. The number of hydrogen-bond acceptors (Lipinski definition) is 3. The fraction of sp³-hybridized carbons (Fsp3) is 0.0714. The highest BCUT2D eigenvalue weighted by Crippen LogP contribution is 2.26. The highest BCUT2D eigenvalue weighted by atomic mass is 19.3. The largest absolute Gasteiger partial charge is 0.365 e. The second-order valence-electron chi connectivity index (χ2n) is 4.39. The third-order valence-corrected chi connectivity index (χ3v) is 3.05. The SMILES string of the molecule is NC(=O)c1cnn2c(-c3ccccc3)cc(C(F)F)nc12.